The second kappa shape index (κ2) is 7.74. The summed E-state index contributed by atoms with van der Waals surface area (Å²) >= 11 is 0. The van der Waals surface area contributed by atoms with Crippen molar-refractivity contribution < 1.29 is 19.7 Å². The van der Waals surface area contributed by atoms with Crippen LogP contribution in [-0.2, 0) is 5.60 Å². The predicted molar refractivity (Wildman–Crippen MR) is 107 cm³/mol. The maximum atomic E-state index is 11.3. The zero-order valence-electron chi connectivity index (χ0n) is 16.5. The highest BCUT2D eigenvalue weighted by atomic mass is 16.5. The van der Waals surface area contributed by atoms with Gasteiger partial charge in [-0.05, 0) is 60.1 Å². The molecular weight excluding hydrogens is 354 g/mol. The normalized spacial score (nSPS) is 28.1. The average molecular weight is 383 g/mol. The summed E-state index contributed by atoms with van der Waals surface area (Å²) in [6, 6.07) is 15.4. The second-order valence-corrected chi connectivity index (χ2v) is 8.20. The van der Waals surface area contributed by atoms with Crippen molar-refractivity contribution in [3.05, 3.63) is 59.7 Å². The molecule has 0 aromatic heterocycles. The van der Waals surface area contributed by atoms with Crippen LogP contribution in [-0.4, -0.2) is 49.0 Å². The fraction of sp³-hybridized carbons (Fsp3) is 0.478. The number of β-amino-alcohol motifs (C(OH)–C–C–N with tert-alkyl or cyclic N) is 1. The number of hydrogen-bond acceptors (Lipinski definition) is 5. The molecule has 2 aliphatic rings. The average Bonchev–Trinajstić information content (AvgIpc) is 3.22. The molecule has 3 unspecified atom stereocenters. The van der Waals surface area contributed by atoms with Gasteiger partial charge in [0.2, 0.25) is 0 Å². The number of nitrogens with zero attached hydrogens (tertiary/aromatic N) is 1. The molecule has 5 nitrogen and oxygen atoms in total. The fourth-order valence-electron chi connectivity index (χ4n) is 4.95. The molecular formula is C23H29NO4. The lowest BCUT2D eigenvalue weighted by Crippen LogP contribution is -2.31. The number of fused-ring (bicyclic) bond motifs is 1. The summed E-state index contributed by atoms with van der Waals surface area (Å²) < 4.78 is 10.6. The molecule has 0 radical (unpaired) electrons. The molecule has 1 heterocycles. The highest BCUT2D eigenvalue weighted by Crippen LogP contribution is 2.49. The van der Waals surface area contributed by atoms with Crippen LogP contribution in [0.4, 0.5) is 0 Å². The lowest BCUT2D eigenvalue weighted by atomic mass is 9.90. The molecule has 2 N–H and O–H groups in total. The Hall–Kier alpha value is -2.08. The van der Waals surface area contributed by atoms with Gasteiger partial charge in [0.15, 0.2) is 0 Å². The molecule has 5 heteroatoms. The maximum Gasteiger partial charge on any atom is 0.119 e. The number of methoxy groups -OCH3 is 2. The van der Waals surface area contributed by atoms with E-state index in [9.17, 15) is 10.2 Å². The third kappa shape index (κ3) is 3.75. The van der Waals surface area contributed by atoms with Crippen molar-refractivity contribution in [3.8, 4) is 11.5 Å². The van der Waals surface area contributed by atoms with E-state index in [0.717, 1.165) is 48.6 Å². The first-order chi connectivity index (χ1) is 13.5. The van der Waals surface area contributed by atoms with E-state index in [2.05, 4.69) is 4.90 Å². The summed E-state index contributed by atoms with van der Waals surface area (Å²) in [4.78, 5) is 2.32. The Morgan fingerprint density at radius 1 is 1.00 bits per heavy atom. The summed E-state index contributed by atoms with van der Waals surface area (Å²) in [6.07, 6.45) is 0.985. The first kappa shape index (κ1) is 19.2. The summed E-state index contributed by atoms with van der Waals surface area (Å²) in [5, 5.41) is 21.9. The molecule has 3 atom stereocenters. The minimum atomic E-state index is -0.776. The third-order valence-corrected chi connectivity index (χ3v) is 6.37. The highest BCUT2D eigenvalue weighted by Gasteiger charge is 2.49. The molecule has 2 aromatic carbocycles. The van der Waals surface area contributed by atoms with Gasteiger partial charge < -0.3 is 19.7 Å². The lowest BCUT2D eigenvalue weighted by Gasteiger charge is -2.27. The smallest absolute Gasteiger partial charge is 0.119 e. The van der Waals surface area contributed by atoms with Crippen LogP contribution in [0.3, 0.4) is 0 Å². The van der Waals surface area contributed by atoms with Crippen molar-refractivity contribution in [1.82, 2.24) is 4.90 Å². The van der Waals surface area contributed by atoms with Crippen molar-refractivity contribution in [2.24, 2.45) is 11.8 Å². The Morgan fingerprint density at radius 2 is 1.61 bits per heavy atom. The van der Waals surface area contributed by atoms with Crippen LogP contribution in [0, 0.1) is 11.8 Å². The van der Waals surface area contributed by atoms with Crippen LogP contribution in [0.1, 0.15) is 30.1 Å². The zero-order chi connectivity index (χ0) is 19.7. The van der Waals surface area contributed by atoms with Crippen molar-refractivity contribution in [2.45, 2.75) is 24.5 Å². The molecule has 0 bridgehead atoms. The molecule has 2 aromatic rings. The van der Waals surface area contributed by atoms with Gasteiger partial charge in [0, 0.05) is 19.6 Å². The van der Waals surface area contributed by atoms with Crippen LogP contribution in [0.2, 0.25) is 0 Å². The number of likely N-dealkylation sites (tertiary alicyclic amines) is 1. The van der Waals surface area contributed by atoms with Gasteiger partial charge >= 0.3 is 0 Å². The van der Waals surface area contributed by atoms with Crippen LogP contribution in [0.5, 0.6) is 11.5 Å². The Balaban J connectivity index is 1.38. The van der Waals surface area contributed by atoms with E-state index in [4.69, 9.17) is 9.47 Å². The first-order valence-corrected chi connectivity index (χ1v) is 9.92. The van der Waals surface area contributed by atoms with Crippen molar-refractivity contribution in [1.29, 1.82) is 0 Å². The molecule has 1 aliphatic carbocycles. The van der Waals surface area contributed by atoms with Gasteiger partial charge in [-0.2, -0.15) is 0 Å². The van der Waals surface area contributed by atoms with E-state index in [1.807, 2.05) is 48.5 Å². The molecule has 1 saturated carbocycles. The van der Waals surface area contributed by atoms with E-state index >= 15 is 0 Å². The largest absolute Gasteiger partial charge is 0.497 e. The van der Waals surface area contributed by atoms with Gasteiger partial charge in [-0.15, -0.1) is 0 Å². The molecule has 28 heavy (non-hydrogen) atoms. The van der Waals surface area contributed by atoms with Crippen LogP contribution in [0.25, 0.3) is 0 Å². The topological polar surface area (TPSA) is 62.2 Å². The molecule has 1 saturated heterocycles. The Bertz CT molecular complexity index is 810. The summed E-state index contributed by atoms with van der Waals surface area (Å²) in [5.74, 6) is 2.45. The quantitative estimate of drug-likeness (QED) is 0.803. The van der Waals surface area contributed by atoms with Gasteiger partial charge in [-0.25, -0.2) is 0 Å². The SMILES string of the molecule is COc1cccc(C(O)CN2CC3CC(O)(c4cccc(OC)c4)CC3C2)c1. The minimum absolute atomic E-state index is 0.453. The summed E-state index contributed by atoms with van der Waals surface area (Å²) in [5.41, 5.74) is 1.05. The van der Waals surface area contributed by atoms with Crippen LogP contribution >= 0.6 is 0 Å². The number of aliphatic hydroxyl groups is 2. The highest BCUT2D eigenvalue weighted by molar-refractivity contribution is 5.34. The van der Waals surface area contributed by atoms with Crippen molar-refractivity contribution in [2.75, 3.05) is 33.9 Å². The molecule has 1 aliphatic heterocycles. The van der Waals surface area contributed by atoms with Gasteiger partial charge in [-0.1, -0.05) is 24.3 Å². The van der Waals surface area contributed by atoms with Crippen LogP contribution in [0.15, 0.2) is 48.5 Å². The first-order valence-electron chi connectivity index (χ1n) is 9.92. The van der Waals surface area contributed by atoms with Crippen molar-refractivity contribution in [3.63, 3.8) is 0 Å². The van der Waals surface area contributed by atoms with E-state index in [-0.39, 0.29) is 0 Å². The molecule has 2 fully saturated rings. The molecule has 150 valence electrons. The number of hydrogen-bond donors (Lipinski definition) is 2. The monoisotopic (exact) mass is 383 g/mol. The van der Waals surface area contributed by atoms with E-state index < -0.39 is 11.7 Å². The number of rotatable bonds is 6. The van der Waals surface area contributed by atoms with Crippen LogP contribution < -0.4 is 9.47 Å². The Kier molecular flexibility index (Phi) is 5.32. The minimum Gasteiger partial charge on any atom is -0.497 e. The Morgan fingerprint density at radius 3 is 2.25 bits per heavy atom. The fourth-order valence-corrected chi connectivity index (χ4v) is 4.95. The van der Waals surface area contributed by atoms with E-state index in [0.29, 0.717) is 18.4 Å². The zero-order valence-corrected chi connectivity index (χ0v) is 16.5. The number of benzene rings is 2. The molecule has 0 amide bonds. The third-order valence-electron chi connectivity index (χ3n) is 6.37. The summed E-state index contributed by atoms with van der Waals surface area (Å²) in [6.45, 7) is 2.44. The van der Waals surface area contributed by atoms with Gasteiger partial charge in [0.1, 0.15) is 11.5 Å². The van der Waals surface area contributed by atoms with Gasteiger partial charge in [0.05, 0.1) is 25.9 Å². The maximum absolute atomic E-state index is 11.3. The van der Waals surface area contributed by atoms with E-state index in [1.54, 1.807) is 14.2 Å². The molecule has 4 rings (SSSR count). The van der Waals surface area contributed by atoms with Gasteiger partial charge in [-0.3, -0.25) is 4.90 Å². The second-order valence-electron chi connectivity index (χ2n) is 8.20. The number of ether oxygens (including phenoxy) is 2. The molecule has 0 spiro atoms. The predicted octanol–water partition coefficient (Wildman–Crippen LogP) is 2.97. The summed E-state index contributed by atoms with van der Waals surface area (Å²) in [7, 11) is 3.29. The van der Waals surface area contributed by atoms with Crippen molar-refractivity contribution >= 4 is 0 Å². The standard InChI is InChI=1S/C23H29NO4/c1-27-20-7-3-5-16(9-20)22(25)15-24-13-17-11-23(26,12-18(17)14-24)19-6-4-8-21(10-19)28-2/h3-10,17-18,22,25-26H,11-15H2,1-2H3. The Labute approximate surface area is 166 Å². The van der Waals surface area contributed by atoms with E-state index in [1.165, 1.54) is 0 Å². The lowest BCUT2D eigenvalue weighted by molar-refractivity contribution is 0.0286. The van der Waals surface area contributed by atoms with Gasteiger partial charge in [0.25, 0.3) is 0 Å². The number of aliphatic hydroxyl groups excluding tert-OH is 1.